The van der Waals surface area contributed by atoms with Crippen LogP contribution in [-0.2, 0) is 4.74 Å². The van der Waals surface area contributed by atoms with E-state index in [0.29, 0.717) is 25.3 Å². The molecule has 118 valence electrons. The molecule has 1 aromatic rings. The number of benzene rings is 1. The zero-order valence-electron chi connectivity index (χ0n) is 13.2. The highest BCUT2D eigenvalue weighted by Gasteiger charge is 2.24. The minimum atomic E-state index is -0.131. The molecule has 1 aliphatic heterocycles. The van der Waals surface area contributed by atoms with Crippen LogP contribution in [0, 0.1) is 11.3 Å². The lowest BCUT2D eigenvalue weighted by Gasteiger charge is -2.33. The van der Waals surface area contributed by atoms with Crippen molar-refractivity contribution >= 4 is 6.03 Å². The van der Waals surface area contributed by atoms with Crippen LogP contribution in [0.1, 0.15) is 43.9 Å². The third-order valence-electron chi connectivity index (χ3n) is 3.89. The monoisotopic (exact) mass is 301 g/mol. The van der Waals surface area contributed by atoms with Gasteiger partial charge in [0.25, 0.3) is 0 Å². The standard InChI is InChI=1S/C17H23N3O2/c1-3-5-16-12-20(8-9-22-16)17(21)19-13(2)15-7-4-6-14(10-15)11-18/h4,6-7,10,13,16H,3,5,8-9,12H2,1-2H3,(H,19,21)/t13-,16+/m1/s1. The quantitative estimate of drug-likeness (QED) is 0.930. The zero-order valence-corrected chi connectivity index (χ0v) is 13.2. The van der Waals surface area contributed by atoms with Gasteiger partial charge in [-0.3, -0.25) is 0 Å². The van der Waals surface area contributed by atoms with Crippen LogP contribution in [0.2, 0.25) is 0 Å². The summed E-state index contributed by atoms with van der Waals surface area (Å²) < 4.78 is 5.66. The molecule has 0 bridgehead atoms. The minimum Gasteiger partial charge on any atom is -0.375 e. The second-order valence-electron chi connectivity index (χ2n) is 5.64. The molecule has 0 unspecified atom stereocenters. The lowest BCUT2D eigenvalue weighted by Crippen LogP contribution is -2.50. The van der Waals surface area contributed by atoms with Gasteiger partial charge in [0, 0.05) is 13.1 Å². The van der Waals surface area contributed by atoms with Crippen molar-refractivity contribution in [2.45, 2.75) is 38.8 Å². The Bertz CT molecular complexity index is 551. The highest BCUT2D eigenvalue weighted by Crippen LogP contribution is 2.16. The molecule has 1 heterocycles. The van der Waals surface area contributed by atoms with Crippen LogP contribution in [0.15, 0.2) is 24.3 Å². The van der Waals surface area contributed by atoms with Crippen molar-refractivity contribution in [3.05, 3.63) is 35.4 Å². The Hall–Kier alpha value is -2.06. The fraction of sp³-hybridized carbons (Fsp3) is 0.529. The molecule has 2 amide bonds. The molecule has 0 aromatic heterocycles. The maximum absolute atomic E-state index is 12.4. The van der Waals surface area contributed by atoms with Gasteiger partial charge in [-0.2, -0.15) is 5.26 Å². The maximum atomic E-state index is 12.4. The second-order valence-corrected chi connectivity index (χ2v) is 5.64. The minimum absolute atomic E-state index is 0.0701. The summed E-state index contributed by atoms with van der Waals surface area (Å²) in [6.07, 6.45) is 2.17. The van der Waals surface area contributed by atoms with Gasteiger partial charge in [0.15, 0.2) is 0 Å². The van der Waals surface area contributed by atoms with Gasteiger partial charge in [0.05, 0.1) is 30.4 Å². The summed E-state index contributed by atoms with van der Waals surface area (Å²) in [5.74, 6) is 0. The first-order valence-corrected chi connectivity index (χ1v) is 7.81. The van der Waals surface area contributed by atoms with E-state index in [1.165, 1.54) is 0 Å². The molecule has 22 heavy (non-hydrogen) atoms. The molecule has 0 saturated carbocycles. The van der Waals surface area contributed by atoms with E-state index in [0.717, 1.165) is 18.4 Å². The molecule has 0 spiro atoms. The molecule has 5 nitrogen and oxygen atoms in total. The SMILES string of the molecule is CCC[C@H]1CN(C(=O)N[C@H](C)c2cccc(C#N)c2)CCO1. The van der Waals surface area contributed by atoms with E-state index in [9.17, 15) is 4.79 Å². The van der Waals surface area contributed by atoms with Gasteiger partial charge in [-0.05, 0) is 31.0 Å². The summed E-state index contributed by atoms with van der Waals surface area (Å²) in [6.45, 7) is 5.91. The molecule has 1 saturated heterocycles. The number of carbonyl (C=O) groups is 1. The van der Waals surface area contributed by atoms with Gasteiger partial charge >= 0.3 is 6.03 Å². The lowest BCUT2D eigenvalue weighted by molar-refractivity contribution is -0.0184. The number of carbonyl (C=O) groups excluding carboxylic acids is 1. The third kappa shape index (κ3) is 4.22. The van der Waals surface area contributed by atoms with Crippen LogP contribution >= 0.6 is 0 Å². The van der Waals surface area contributed by atoms with Crippen molar-refractivity contribution < 1.29 is 9.53 Å². The van der Waals surface area contributed by atoms with Crippen molar-refractivity contribution in [2.75, 3.05) is 19.7 Å². The first kappa shape index (κ1) is 16.3. The molecule has 1 fully saturated rings. The van der Waals surface area contributed by atoms with Crippen LogP contribution in [-0.4, -0.2) is 36.7 Å². The highest BCUT2D eigenvalue weighted by molar-refractivity contribution is 5.74. The molecule has 5 heteroatoms. The number of nitriles is 1. The number of rotatable bonds is 4. The number of morpholine rings is 1. The number of urea groups is 1. The Labute approximate surface area is 131 Å². The second kappa shape index (κ2) is 7.81. The number of nitrogens with one attached hydrogen (secondary N) is 1. The first-order chi connectivity index (χ1) is 10.6. The Balaban J connectivity index is 1.94. The van der Waals surface area contributed by atoms with E-state index in [1.807, 2.05) is 30.0 Å². The third-order valence-corrected chi connectivity index (χ3v) is 3.89. The van der Waals surface area contributed by atoms with E-state index in [1.54, 1.807) is 6.07 Å². The van der Waals surface area contributed by atoms with E-state index in [4.69, 9.17) is 10.00 Å². The van der Waals surface area contributed by atoms with E-state index in [-0.39, 0.29) is 18.2 Å². The van der Waals surface area contributed by atoms with Gasteiger partial charge in [0.2, 0.25) is 0 Å². The maximum Gasteiger partial charge on any atom is 0.318 e. The summed E-state index contributed by atoms with van der Waals surface area (Å²) in [7, 11) is 0. The number of hydrogen-bond acceptors (Lipinski definition) is 3. The Morgan fingerprint density at radius 2 is 2.41 bits per heavy atom. The number of hydrogen-bond donors (Lipinski definition) is 1. The van der Waals surface area contributed by atoms with Crippen LogP contribution in [0.25, 0.3) is 0 Å². The fourth-order valence-corrected chi connectivity index (χ4v) is 2.64. The Kier molecular flexibility index (Phi) is 5.79. The summed E-state index contributed by atoms with van der Waals surface area (Å²) in [4.78, 5) is 14.2. The summed E-state index contributed by atoms with van der Waals surface area (Å²) in [5, 5.41) is 12.0. The summed E-state index contributed by atoms with van der Waals surface area (Å²) >= 11 is 0. The Morgan fingerprint density at radius 3 is 3.14 bits per heavy atom. The fourth-order valence-electron chi connectivity index (χ4n) is 2.64. The topological polar surface area (TPSA) is 65.4 Å². The van der Waals surface area contributed by atoms with E-state index < -0.39 is 0 Å². The predicted molar refractivity (Wildman–Crippen MR) is 84.3 cm³/mol. The van der Waals surface area contributed by atoms with Crippen molar-refractivity contribution in [3.63, 3.8) is 0 Å². The molecular formula is C17H23N3O2. The number of nitrogens with zero attached hydrogens (tertiary/aromatic N) is 2. The molecular weight excluding hydrogens is 278 g/mol. The molecule has 0 radical (unpaired) electrons. The average molecular weight is 301 g/mol. The normalized spacial score (nSPS) is 19.3. The molecule has 2 atom stereocenters. The van der Waals surface area contributed by atoms with Crippen molar-refractivity contribution in [2.24, 2.45) is 0 Å². The van der Waals surface area contributed by atoms with Gasteiger partial charge < -0.3 is 15.0 Å². The molecule has 1 aliphatic rings. The number of ether oxygens (including phenoxy) is 1. The highest BCUT2D eigenvalue weighted by atomic mass is 16.5. The first-order valence-electron chi connectivity index (χ1n) is 7.81. The summed E-state index contributed by atoms with van der Waals surface area (Å²) in [6, 6.07) is 9.24. The average Bonchev–Trinajstić information content (AvgIpc) is 2.55. The van der Waals surface area contributed by atoms with E-state index in [2.05, 4.69) is 18.3 Å². The van der Waals surface area contributed by atoms with Crippen molar-refractivity contribution in [1.82, 2.24) is 10.2 Å². The Morgan fingerprint density at radius 1 is 1.59 bits per heavy atom. The molecule has 1 aromatic carbocycles. The van der Waals surface area contributed by atoms with Crippen LogP contribution < -0.4 is 5.32 Å². The number of amides is 2. The zero-order chi connectivity index (χ0) is 15.9. The van der Waals surface area contributed by atoms with Crippen LogP contribution in [0.5, 0.6) is 0 Å². The van der Waals surface area contributed by atoms with Gasteiger partial charge in [-0.25, -0.2) is 4.79 Å². The molecule has 1 N–H and O–H groups in total. The molecule has 0 aliphatic carbocycles. The van der Waals surface area contributed by atoms with Crippen molar-refractivity contribution in [1.29, 1.82) is 5.26 Å². The van der Waals surface area contributed by atoms with Crippen molar-refractivity contribution in [3.8, 4) is 6.07 Å². The van der Waals surface area contributed by atoms with Gasteiger partial charge in [-0.1, -0.05) is 25.5 Å². The van der Waals surface area contributed by atoms with Gasteiger partial charge in [0.1, 0.15) is 0 Å². The molecule has 2 rings (SSSR count). The largest absolute Gasteiger partial charge is 0.375 e. The van der Waals surface area contributed by atoms with E-state index >= 15 is 0 Å². The van der Waals surface area contributed by atoms with Gasteiger partial charge in [-0.15, -0.1) is 0 Å². The summed E-state index contributed by atoms with van der Waals surface area (Å²) in [5.41, 5.74) is 1.54. The lowest BCUT2D eigenvalue weighted by atomic mass is 10.1. The predicted octanol–water partition coefficient (Wildman–Crippen LogP) is 2.83. The van der Waals surface area contributed by atoms with Crippen LogP contribution in [0.3, 0.4) is 0 Å². The smallest absolute Gasteiger partial charge is 0.318 e. The van der Waals surface area contributed by atoms with Crippen LogP contribution in [0.4, 0.5) is 4.79 Å².